The molecule has 108 valence electrons. The van der Waals surface area contributed by atoms with Gasteiger partial charge in [0.2, 0.25) is 0 Å². The van der Waals surface area contributed by atoms with Gasteiger partial charge in [0.15, 0.2) is 5.76 Å². The Morgan fingerprint density at radius 2 is 1.81 bits per heavy atom. The van der Waals surface area contributed by atoms with Gasteiger partial charge in [-0.25, -0.2) is 0 Å². The Labute approximate surface area is 122 Å². The molecule has 21 heavy (non-hydrogen) atoms. The van der Waals surface area contributed by atoms with E-state index in [4.69, 9.17) is 9.26 Å². The van der Waals surface area contributed by atoms with Crippen LogP contribution in [-0.2, 0) is 0 Å². The van der Waals surface area contributed by atoms with E-state index in [0.29, 0.717) is 11.3 Å². The molecule has 0 saturated carbocycles. The Morgan fingerprint density at radius 1 is 1.05 bits per heavy atom. The number of aromatic hydroxyl groups is 2. The fourth-order valence-corrected chi connectivity index (χ4v) is 2.12. The summed E-state index contributed by atoms with van der Waals surface area (Å²) in [4.78, 5) is 0. The van der Waals surface area contributed by atoms with Gasteiger partial charge in [-0.3, -0.25) is 0 Å². The van der Waals surface area contributed by atoms with Crippen LogP contribution in [0.25, 0.3) is 22.5 Å². The quantitative estimate of drug-likeness (QED) is 0.767. The van der Waals surface area contributed by atoms with Crippen LogP contribution in [0.3, 0.4) is 0 Å². The van der Waals surface area contributed by atoms with E-state index in [-0.39, 0.29) is 12.9 Å². The normalized spacial score (nSPS) is 10.5. The van der Waals surface area contributed by atoms with E-state index in [1.54, 1.807) is 19.4 Å². The number of methoxy groups -OCH3 is 1. The number of phenols is 2. The summed E-state index contributed by atoms with van der Waals surface area (Å²) in [7, 11) is 1.61. The minimum absolute atomic E-state index is 0. The summed E-state index contributed by atoms with van der Waals surface area (Å²) in [6, 6.07) is 11.8. The summed E-state index contributed by atoms with van der Waals surface area (Å²) in [5.74, 6) is 1.12. The summed E-state index contributed by atoms with van der Waals surface area (Å²) in [5.41, 5.74) is 2.11. The monoisotopic (exact) mass is 285 g/mol. The average Bonchev–Trinajstić information content (AvgIpc) is 2.96. The maximum Gasteiger partial charge on any atom is 0.178 e. The number of phenolic OH excluding ortho intramolecular Hbond substituents is 2. The molecule has 0 radical (unpaired) electrons. The fourth-order valence-electron chi connectivity index (χ4n) is 2.12. The van der Waals surface area contributed by atoms with Crippen molar-refractivity contribution in [1.29, 1.82) is 0 Å². The molecule has 3 rings (SSSR count). The molecule has 2 N–H and O–H groups in total. The first-order valence-corrected chi connectivity index (χ1v) is 6.30. The highest BCUT2D eigenvalue weighted by Gasteiger charge is 2.16. The van der Waals surface area contributed by atoms with Crippen molar-refractivity contribution in [3.05, 3.63) is 48.7 Å². The molecule has 0 bridgehead atoms. The molecule has 1 aromatic heterocycles. The first-order chi connectivity index (χ1) is 10.2. The number of hydrogen-bond acceptors (Lipinski definition) is 5. The zero-order valence-corrected chi connectivity index (χ0v) is 11.3. The minimum atomic E-state index is -0.0680. The SMILES string of the molecule is COc1ccc(-c2cnoc2-c2ccc(O)cc2O)cc1.[HH]. The van der Waals surface area contributed by atoms with Gasteiger partial charge in [0, 0.05) is 13.1 Å². The Balaban J connectivity index is 0.00000176. The minimum Gasteiger partial charge on any atom is -0.508 e. The van der Waals surface area contributed by atoms with Crippen LogP contribution in [0.5, 0.6) is 17.2 Å². The summed E-state index contributed by atoms with van der Waals surface area (Å²) in [5, 5.41) is 23.1. The van der Waals surface area contributed by atoms with Gasteiger partial charge in [0.05, 0.1) is 18.9 Å². The topological polar surface area (TPSA) is 75.7 Å². The van der Waals surface area contributed by atoms with Crippen molar-refractivity contribution >= 4 is 0 Å². The molecule has 0 aliphatic carbocycles. The van der Waals surface area contributed by atoms with E-state index in [1.807, 2.05) is 24.3 Å². The van der Waals surface area contributed by atoms with Gasteiger partial charge in [-0.05, 0) is 29.8 Å². The summed E-state index contributed by atoms with van der Waals surface area (Å²) < 4.78 is 10.4. The van der Waals surface area contributed by atoms with Gasteiger partial charge in [-0.2, -0.15) is 0 Å². The van der Waals surface area contributed by atoms with Gasteiger partial charge >= 0.3 is 0 Å². The van der Waals surface area contributed by atoms with Crippen molar-refractivity contribution < 1.29 is 20.9 Å². The summed E-state index contributed by atoms with van der Waals surface area (Å²) >= 11 is 0. The second-order valence-corrected chi connectivity index (χ2v) is 4.50. The van der Waals surface area contributed by atoms with Crippen LogP contribution in [0, 0.1) is 0 Å². The van der Waals surface area contributed by atoms with Gasteiger partial charge in [-0.1, -0.05) is 17.3 Å². The first-order valence-electron chi connectivity index (χ1n) is 6.30. The smallest absolute Gasteiger partial charge is 0.178 e. The van der Waals surface area contributed by atoms with Gasteiger partial charge in [-0.15, -0.1) is 0 Å². The zero-order valence-electron chi connectivity index (χ0n) is 11.3. The van der Waals surface area contributed by atoms with Crippen molar-refractivity contribution in [2.24, 2.45) is 0 Å². The second kappa shape index (κ2) is 5.20. The molecule has 5 nitrogen and oxygen atoms in total. The summed E-state index contributed by atoms with van der Waals surface area (Å²) in [6.45, 7) is 0. The first kappa shape index (κ1) is 13.1. The molecule has 5 heteroatoms. The molecule has 0 saturated heterocycles. The molecule has 0 unspecified atom stereocenters. The van der Waals surface area contributed by atoms with Crippen LogP contribution in [0.15, 0.2) is 53.2 Å². The predicted molar refractivity (Wildman–Crippen MR) is 79.4 cm³/mol. The lowest BCUT2D eigenvalue weighted by molar-refractivity contribution is 0.415. The number of hydrogen-bond donors (Lipinski definition) is 2. The average molecular weight is 285 g/mol. The van der Waals surface area contributed by atoms with Crippen molar-refractivity contribution in [3.63, 3.8) is 0 Å². The molecule has 0 fully saturated rings. The molecule has 0 atom stereocenters. The molecule has 2 aromatic carbocycles. The van der Waals surface area contributed by atoms with Crippen molar-refractivity contribution in [2.75, 3.05) is 7.11 Å². The van der Waals surface area contributed by atoms with E-state index < -0.39 is 0 Å². The third-order valence-electron chi connectivity index (χ3n) is 3.20. The zero-order chi connectivity index (χ0) is 14.8. The van der Waals surface area contributed by atoms with E-state index in [2.05, 4.69) is 5.16 Å². The Bertz CT molecular complexity index is 768. The van der Waals surface area contributed by atoms with Crippen LogP contribution in [-0.4, -0.2) is 22.5 Å². The van der Waals surface area contributed by atoms with E-state index in [1.165, 1.54) is 12.1 Å². The third kappa shape index (κ3) is 2.41. The molecule has 1 heterocycles. The van der Waals surface area contributed by atoms with Crippen LogP contribution in [0.1, 0.15) is 1.43 Å². The fraction of sp³-hybridized carbons (Fsp3) is 0.0625. The molecule has 0 amide bonds. The largest absolute Gasteiger partial charge is 0.508 e. The van der Waals surface area contributed by atoms with Crippen molar-refractivity contribution in [2.45, 2.75) is 0 Å². The number of benzene rings is 2. The molecule has 3 aromatic rings. The van der Waals surface area contributed by atoms with E-state index in [9.17, 15) is 10.2 Å². The van der Waals surface area contributed by atoms with Crippen LogP contribution < -0.4 is 4.74 Å². The standard InChI is InChI=1S/C16H13NO4.H2/c1-20-12-5-2-10(3-6-12)14-9-17-21-16(14)13-7-4-11(18)8-15(13)19;/h2-9,18-19H,1H3;1H. The molecule has 0 spiro atoms. The lowest BCUT2D eigenvalue weighted by atomic mass is 10.0. The molecule has 0 aliphatic rings. The second-order valence-electron chi connectivity index (χ2n) is 4.50. The van der Waals surface area contributed by atoms with Gasteiger partial charge < -0.3 is 19.5 Å². The van der Waals surface area contributed by atoms with E-state index >= 15 is 0 Å². The maximum atomic E-state index is 9.95. The number of aromatic nitrogens is 1. The van der Waals surface area contributed by atoms with Crippen LogP contribution in [0.2, 0.25) is 0 Å². The van der Waals surface area contributed by atoms with Gasteiger partial charge in [0.1, 0.15) is 17.2 Å². The van der Waals surface area contributed by atoms with Gasteiger partial charge in [0.25, 0.3) is 0 Å². The Kier molecular flexibility index (Phi) is 3.23. The lowest BCUT2D eigenvalue weighted by Gasteiger charge is -2.05. The van der Waals surface area contributed by atoms with Crippen molar-refractivity contribution in [1.82, 2.24) is 5.16 Å². The Morgan fingerprint density at radius 3 is 2.48 bits per heavy atom. The third-order valence-corrected chi connectivity index (χ3v) is 3.20. The summed E-state index contributed by atoms with van der Waals surface area (Å²) in [6.07, 6.45) is 1.59. The molecular weight excluding hydrogens is 270 g/mol. The van der Waals surface area contributed by atoms with Crippen LogP contribution >= 0.6 is 0 Å². The highest BCUT2D eigenvalue weighted by atomic mass is 16.5. The number of rotatable bonds is 3. The molecular formula is C16H15NO4. The molecule has 0 aliphatic heterocycles. The highest BCUT2D eigenvalue weighted by molar-refractivity contribution is 5.82. The van der Waals surface area contributed by atoms with E-state index in [0.717, 1.165) is 16.9 Å². The highest BCUT2D eigenvalue weighted by Crippen LogP contribution is 2.38. The predicted octanol–water partition coefficient (Wildman–Crippen LogP) is 3.67. The lowest BCUT2D eigenvalue weighted by Crippen LogP contribution is -1.84. The number of ether oxygens (including phenoxy) is 1. The van der Waals surface area contributed by atoms with Crippen molar-refractivity contribution in [3.8, 4) is 39.7 Å². The number of nitrogens with zero attached hydrogens (tertiary/aromatic N) is 1. The van der Waals surface area contributed by atoms with Crippen LogP contribution in [0.4, 0.5) is 0 Å². The Hall–Kier alpha value is -2.95. The maximum absolute atomic E-state index is 9.95.